The summed E-state index contributed by atoms with van der Waals surface area (Å²) in [6.45, 7) is 1.22. The standard InChI is InChI=1S/C10H14N2.C5H6N6/c1-12-7-3-5-10(12)9-4-2-6-11-8-9;6-3-2-4(9-1-8-2)11-5(7)10-3/h2,4,6,8,10H,3,5,7H2,1H3;1H,(H5,6,7,8,9,10,11). The van der Waals surface area contributed by atoms with Crippen LogP contribution >= 0.6 is 0 Å². The molecule has 1 atom stereocenters. The third-order valence-electron chi connectivity index (χ3n) is 3.92. The van der Waals surface area contributed by atoms with E-state index in [-0.39, 0.29) is 5.95 Å². The molecule has 0 aliphatic carbocycles. The minimum Gasteiger partial charge on any atom is -0.382 e. The Morgan fingerprint density at radius 2 is 2.17 bits per heavy atom. The van der Waals surface area contributed by atoms with E-state index >= 15 is 0 Å². The number of likely N-dealkylation sites (tertiary alicyclic amines) is 1. The van der Waals surface area contributed by atoms with E-state index in [1.54, 1.807) is 0 Å². The van der Waals surface area contributed by atoms with Crippen molar-refractivity contribution in [3.05, 3.63) is 36.4 Å². The van der Waals surface area contributed by atoms with E-state index < -0.39 is 0 Å². The van der Waals surface area contributed by atoms with Crippen molar-refractivity contribution >= 4 is 22.9 Å². The summed E-state index contributed by atoms with van der Waals surface area (Å²) in [7, 11) is 2.19. The van der Waals surface area contributed by atoms with E-state index in [0.717, 1.165) is 0 Å². The highest BCUT2D eigenvalue weighted by atomic mass is 15.1. The third-order valence-corrected chi connectivity index (χ3v) is 3.92. The highest BCUT2D eigenvalue weighted by Gasteiger charge is 2.21. The molecule has 3 aromatic rings. The number of aromatic amines is 1. The number of hydrogen-bond acceptors (Lipinski definition) is 7. The predicted molar refractivity (Wildman–Crippen MR) is 89.4 cm³/mol. The predicted octanol–water partition coefficient (Wildman–Crippen LogP) is 1.37. The van der Waals surface area contributed by atoms with Gasteiger partial charge in [-0.15, -0.1) is 0 Å². The second-order valence-corrected chi connectivity index (χ2v) is 5.49. The average Bonchev–Trinajstić information content (AvgIpc) is 3.17. The fourth-order valence-corrected chi connectivity index (χ4v) is 2.78. The molecule has 1 aliphatic heterocycles. The van der Waals surface area contributed by atoms with Crippen LogP contribution in [-0.2, 0) is 0 Å². The lowest BCUT2D eigenvalue weighted by molar-refractivity contribution is 0.317. The third kappa shape index (κ3) is 3.37. The SMILES string of the molecule is CN1CCCC1c1cccnc1.Nc1nc(N)c2[nH]cnc2n1. The van der Waals surface area contributed by atoms with Gasteiger partial charge in [-0.05, 0) is 38.1 Å². The number of aromatic nitrogens is 5. The van der Waals surface area contributed by atoms with E-state index in [4.69, 9.17) is 11.5 Å². The average molecular weight is 312 g/mol. The van der Waals surface area contributed by atoms with E-state index in [2.05, 4.69) is 42.9 Å². The molecule has 0 radical (unpaired) electrons. The molecule has 1 fully saturated rings. The molecule has 4 heterocycles. The number of H-pyrrole nitrogens is 1. The quantitative estimate of drug-likeness (QED) is 0.620. The van der Waals surface area contributed by atoms with Gasteiger partial charge in [0, 0.05) is 18.4 Å². The lowest BCUT2D eigenvalue weighted by atomic mass is 10.1. The van der Waals surface area contributed by atoms with Crippen molar-refractivity contribution in [2.75, 3.05) is 25.1 Å². The number of nitrogens with two attached hydrogens (primary N) is 2. The zero-order chi connectivity index (χ0) is 16.2. The van der Waals surface area contributed by atoms with Crippen LogP contribution in [0.1, 0.15) is 24.4 Å². The van der Waals surface area contributed by atoms with Gasteiger partial charge in [0.1, 0.15) is 5.52 Å². The summed E-state index contributed by atoms with van der Waals surface area (Å²) >= 11 is 0. The minimum absolute atomic E-state index is 0.141. The van der Waals surface area contributed by atoms with Gasteiger partial charge in [0.25, 0.3) is 0 Å². The molecule has 4 rings (SSSR count). The van der Waals surface area contributed by atoms with E-state index in [1.807, 2.05) is 18.5 Å². The maximum Gasteiger partial charge on any atom is 0.224 e. The number of hydrogen-bond donors (Lipinski definition) is 3. The van der Waals surface area contributed by atoms with Crippen molar-refractivity contribution in [3.8, 4) is 0 Å². The van der Waals surface area contributed by atoms with Crippen LogP contribution < -0.4 is 11.5 Å². The second kappa shape index (κ2) is 6.57. The van der Waals surface area contributed by atoms with Crippen LogP contribution in [0.3, 0.4) is 0 Å². The first kappa shape index (κ1) is 15.2. The monoisotopic (exact) mass is 312 g/mol. The van der Waals surface area contributed by atoms with Crippen LogP contribution in [0.25, 0.3) is 11.2 Å². The molecule has 8 nitrogen and oxygen atoms in total. The van der Waals surface area contributed by atoms with Gasteiger partial charge in [0.15, 0.2) is 11.5 Å². The summed E-state index contributed by atoms with van der Waals surface area (Å²) in [5.74, 6) is 0.465. The van der Waals surface area contributed by atoms with Crippen LogP contribution in [0.5, 0.6) is 0 Å². The van der Waals surface area contributed by atoms with Crippen molar-refractivity contribution in [3.63, 3.8) is 0 Å². The Balaban J connectivity index is 0.000000136. The highest BCUT2D eigenvalue weighted by molar-refractivity contribution is 5.81. The van der Waals surface area contributed by atoms with Gasteiger partial charge in [0.05, 0.1) is 6.33 Å². The fourth-order valence-electron chi connectivity index (χ4n) is 2.78. The van der Waals surface area contributed by atoms with Crippen LogP contribution in [0.2, 0.25) is 0 Å². The van der Waals surface area contributed by atoms with Crippen molar-refractivity contribution in [1.82, 2.24) is 29.8 Å². The molecular formula is C15H20N8. The van der Waals surface area contributed by atoms with E-state index in [0.29, 0.717) is 23.0 Å². The molecule has 1 aliphatic rings. The normalized spacial score (nSPS) is 17.9. The molecular weight excluding hydrogens is 292 g/mol. The van der Waals surface area contributed by atoms with Gasteiger partial charge >= 0.3 is 0 Å². The van der Waals surface area contributed by atoms with Crippen LogP contribution in [0, 0.1) is 0 Å². The largest absolute Gasteiger partial charge is 0.382 e. The maximum atomic E-state index is 5.50. The summed E-state index contributed by atoms with van der Waals surface area (Å²) in [6.07, 6.45) is 7.90. The molecule has 0 saturated carbocycles. The number of nitrogens with zero attached hydrogens (tertiary/aromatic N) is 5. The van der Waals surface area contributed by atoms with Crippen LogP contribution in [0.4, 0.5) is 11.8 Å². The van der Waals surface area contributed by atoms with Crippen LogP contribution in [-0.4, -0.2) is 43.4 Å². The van der Waals surface area contributed by atoms with E-state index in [9.17, 15) is 0 Å². The summed E-state index contributed by atoms with van der Waals surface area (Å²) < 4.78 is 0. The van der Waals surface area contributed by atoms with Crippen molar-refractivity contribution in [2.24, 2.45) is 0 Å². The first-order valence-electron chi connectivity index (χ1n) is 7.47. The van der Waals surface area contributed by atoms with Gasteiger partial charge in [-0.1, -0.05) is 6.07 Å². The number of nitrogens with one attached hydrogen (secondary N) is 1. The zero-order valence-corrected chi connectivity index (χ0v) is 13.0. The van der Waals surface area contributed by atoms with Crippen molar-refractivity contribution in [1.29, 1.82) is 0 Å². The van der Waals surface area contributed by atoms with E-state index in [1.165, 1.54) is 31.3 Å². The Kier molecular flexibility index (Phi) is 4.33. The number of rotatable bonds is 1. The fraction of sp³-hybridized carbons (Fsp3) is 0.333. The molecule has 3 aromatic heterocycles. The Morgan fingerprint density at radius 3 is 2.87 bits per heavy atom. The zero-order valence-electron chi connectivity index (χ0n) is 13.0. The number of imidazole rings is 1. The molecule has 1 saturated heterocycles. The van der Waals surface area contributed by atoms with Crippen LogP contribution in [0.15, 0.2) is 30.9 Å². The second-order valence-electron chi connectivity index (χ2n) is 5.49. The first-order chi connectivity index (χ1) is 11.1. The van der Waals surface area contributed by atoms with Crippen molar-refractivity contribution in [2.45, 2.75) is 18.9 Å². The smallest absolute Gasteiger partial charge is 0.224 e. The number of fused-ring (bicyclic) bond motifs is 1. The molecule has 23 heavy (non-hydrogen) atoms. The number of pyridine rings is 1. The maximum absolute atomic E-state index is 5.50. The molecule has 0 amide bonds. The molecule has 120 valence electrons. The number of anilines is 2. The lowest BCUT2D eigenvalue weighted by Crippen LogP contribution is -2.17. The molecule has 8 heteroatoms. The topological polar surface area (TPSA) is 123 Å². The lowest BCUT2D eigenvalue weighted by Gasteiger charge is -2.18. The summed E-state index contributed by atoms with van der Waals surface area (Å²) in [6, 6.07) is 4.79. The van der Waals surface area contributed by atoms with Crippen molar-refractivity contribution < 1.29 is 0 Å². The molecule has 1 unspecified atom stereocenters. The molecule has 0 spiro atoms. The highest BCUT2D eigenvalue weighted by Crippen LogP contribution is 2.29. The van der Waals surface area contributed by atoms with Gasteiger partial charge in [0.2, 0.25) is 5.95 Å². The van der Waals surface area contributed by atoms with Gasteiger partial charge in [-0.25, -0.2) is 4.98 Å². The van der Waals surface area contributed by atoms with Gasteiger partial charge in [-0.2, -0.15) is 9.97 Å². The first-order valence-corrected chi connectivity index (χ1v) is 7.47. The number of nitrogen functional groups attached to an aromatic ring is 2. The summed E-state index contributed by atoms with van der Waals surface area (Å²) in [5.41, 5.74) is 13.3. The molecule has 0 aromatic carbocycles. The van der Waals surface area contributed by atoms with Gasteiger partial charge in [-0.3, -0.25) is 9.88 Å². The minimum atomic E-state index is 0.141. The Labute approximate surface area is 134 Å². The Hall–Kier alpha value is -2.74. The molecule has 5 N–H and O–H groups in total. The Bertz CT molecular complexity index is 770. The summed E-state index contributed by atoms with van der Waals surface area (Å²) in [4.78, 5) is 20.8. The Morgan fingerprint density at radius 1 is 1.30 bits per heavy atom. The summed E-state index contributed by atoms with van der Waals surface area (Å²) in [5, 5.41) is 0. The molecule has 0 bridgehead atoms. The van der Waals surface area contributed by atoms with Gasteiger partial charge < -0.3 is 16.5 Å².